The van der Waals surface area contributed by atoms with Crippen LogP contribution in [0.15, 0.2) is 34.9 Å². The number of hydrogen-bond acceptors (Lipinski definition) is 2. The Kier molecular flexibility index (Phi) is 2.93. The van der Waals surface area contributed by atoms with Gasteiger partial charge in [-0.25, -0.2) is 0 Å². The van der Waals surface area contributed by atoms with Gasteiger partial charge in [-0.3, -0.25) is 0 Å². The zero-order valence-corrected chi connectivity index (χ0v) is 9.16. The number of aromatic amines is 1. The van der Waals surface area contributed by atoms with Crippen molar-refractivity contribution in [2.75, 3.05) is 0 Å². The fourth-order valence-corrected chi connectivity index (χ4v) is 1.79. The van der Waals surface area contributed by atoms with Gasteiger partial charge in [0.2, 0.25) is 0 Å². The highest BCUT2D eigenvalue weighted by Crippen LogP contribution is 2.17. The second-order valence-electron chi connectivity index (χ2n) is 3.05. The number of aryl methyl sites for hydroxylation is 2. The van der Waals surface area contributed by atoms with Gasteiger partial charge < -0.3 is 0 Å². The molecule has 0 saturated heterocycles. The molecule has 1 aromatic heterocycles. The van der Waals surface area contributed by atoms with Crippen LogP contribution in [0.2, 0.25) is 0 Å². The first kappa shape index (κ1) is 9.40. The molecule has 2 aromatic rings. The lowest BCUT2D eigenvalue weighted by Crippen LogP contribution is -1.92. The number of halogens is 1. The summed E-state index contributed by atoms with van der Waals surface area (Å²) in [5.41, 5.74) is 2.30. The molecule has 1 N–H and O–H groups in total. The van der Waals surface area contributed by atoms with Gasteiger partial charge in [0.05, 0.1) is 11.9 Å². The molecule has 2 rings (SSSR count). The van der Waals surface area contributed by atoms with Gasteiger partial charge in [-0.2, -0.15) is 15.4 Å². The molecule has 1 aromatic carbocycles. The van der Waals surface area contributed by atoms with E-state index in [1.165, 1.54) is 5.56 Å². The Hall–Kier alpha value is -1.16. The molecule has 4 heteroatoms. The summed E-state index contributed by atoms with van der Waals surface area (Å²) in [7, 11) is 0. The second-order valence-corrected chi connectivity index (χ2v) is 3.91. The van der Waals surface area contributed by atoms with Crippen LogP contribution in [-0.2, 0) is 12.8 Å². The van der Waals surface area contributed by atoms with Crippen LogP contribution < -0.4 is 0 Å². The molecule has 0 aliphatic heterocycles. The van der Waals surface area contributed by atoms with E-state index in [2.05, 4.69) is 43.5 Å². The monoisotopic (exact) mass is 251 g/mol. The third-order valence-electron chi connectivity index (χ3n) is 2.07. The van der Waals surface area contributed by atoms with E-state index in [1.807, 2.05) is 12.1 Å². The zero-order valence-electron chi connectivity index (χ0n) is 7.57. The summed E-state index contributed by atoms with van der Waals surface area (Å²) in [6.45, 7) is 0. The number of hydrogen-bond donors (Lipinski definition) is 1. The largest absolute Gasteiger partial charge is 0.198 e. The minimum Gasteiger partial charge on any atom is -0.198 e. The number of nitrogens with zero attached hydrogens (tertiary/aromatic N) is 2. The molecule has 0 aliphatic rings. The van der Waals surface area contributed by atoms with Gasteiger partial charge in [0.25, 0.3) is 0 Å². The van der Waals surface area contributed by atoms with Crippen LogP contribution >= 0.6 is 15.9 Å². The van der Waals surface area contributed by atoms with E-state index in [-0.39, 0.29) is 0 Å². The Morgan fingerprint density at radius 2 is 2.07 bits per heavy atom. The highest BCUT2D eigenvalue weighted by atomic mass is 79.9. The van der Waals surface area contributed by atoms with E-state index in [0.29, 0.717) is 0 Å². The normalized spacial score (nSPS) is 10.4. The molecule has 72 valence electrons. The van der Waals surface area contributed by atoms with Crippen LogP contribution in [0.4, 0.5) is 0 Å². The van der Waals surface area contributed by atoms with Crippen molar-refractivity contribution in [2.45, 2.75) is 12.8 Å². The van der Waals surface area contributed by atoms with Crippen LogP contribution in [0.5, 0.6) is 0 Å². The predicted octanol–water partition coefficient (Wildman–Crippen LogP) is 2.35. The van der Waals surface area contributed by atoms with Crippen LogP contribution in [-0.4, -0.2) is 15.4 Å². The average molecular weight is 252 g/mol. The van der Waals surface area contributed by atoms with Gasteiger partial charge >= 0.3 is 0 Å². The highest BCUT2D eigenvalue weighted by Gasteiger charge is 2.00. The predicted molar refractivity (Wildman–Crippen MR) is 57.9 cm³/mol. The maximum absolute atomic E-state index is 4.01. The number of aromatic nitrogens is 3. The Morgan fingerprint density at radius 3 is 2.79 bits per heavy atom. The lowest BCUT2D eigenvalue weighted by molar-refractivity contribution is 0.869. The van der Waals surface area contributed by atoms with Gasteiger partial charge in [0, 0.05) is 4.47 Å². The molecule has 0 amide bonds. The molecule has 14 heavy (non-hydrogen) atoms. The maximum Gasteiger partial charge on any atom is 0.0828 e. The second kappa shape index (κ2) is 4.37. The van der Waals surface area contributed by atoms with Crippen LogP contribution in [0, 0.1) is 0 Å². The van der Waals surface area contributed by atoms with Crippen molar-refractivity contribution in [3.05, 3.63) is 46.2 Å². The summed E-state index contributed by atoms with van der Waals surface area (Å²) in [6.07, 6.45) is 3.66. The smallest absolute Gasteiger partial charge is 0.0828 e. The van der Waals surface area contributed by atoms with Gasteiger partial charge in [-0.15, -0.1) is 0 Å². The average Bonchev–Trinajstić information content (AvgIpc) is 2.69. The SMILES string of the molecule is Brc1ccccc1CCc1cn[nH]n1. The fraction of sp³-hybridized carbons (Fsp3) is 0.200. The van der Waals surface area contributed by atoms with Crippen LogP contribution in [0.3, 0.4) is 0 Å². The van der Waals surface area contributed by atoms with Gasteiger partial charge in [-0.1, -0.05) is 34.1 Å². The topological polar surface area (TPSA) is 41.6 Å². The summed E-state index contributed by atoms with van der Waals surface area (Å²) in [5, 5.41) is 10.4. The van der Waals surface area contributed by atoms with Crippen molar-refractivity contribution in [3.63, 3.8) is 0 Å². The number of benzene rings is 1. The highest BCUT2D eigenvalue weighted by molar-refractivity contribution is 9.10. The van der Waals surface area contributed by atoms with E-state index in [0.717, 1.165) is 23.0 Å². The van der Waals surface area contributed by atoms with Crippen molar-refractivity contribution in [2.24, 2.45) is 0 Å². The number of nitrogens with one attached hydrogen (secondary N) is 1. The minimum absolute atomic E-state index is 0.916. The quantitative estimate of drug-likeness (QED) is 0.910. The molecule has 0 bridgehead atoms. The van der Waals surface area contributed by atoms with E-state index in [1.54, 1.807) is 6.20 Å². The van der Waals surface area contributed by atoms with Gasteiger partial charge in [-0.05, 0) is 24.5 Å². The molecule has 1 heterocycles. The molecule has 0 fully saturated rings. The minimum atomic E-state index is 0.916. The first-order valence-electron chi connectivity index (χ1n) is 4.44. The van der Waals surface area contributed by atoms with E-state index in [4.69, 9.17) is 0 Å². The van der Waals surface area contributed by atoms with Crippen molar-refractivity contribution < 1.29 is 0 Å². The lowest BCUT2D eigenvalue weighted by Gasteiger charge is -2.01. The Labute approximate surface area is 90.7 Å². The van der Waals surface area contributed by atoms with Crippen molar-refractivity contribution in [1.29, 1.82) is 0 Å². The van der Waals surface area contributed by atoms with E-state index < -0.39 is 0 Å². The summed E-state index contributed by atoms with van der Waals surface area (Å²) in [6, 6.07) is 8.23. The third-order valence-corrected chi connectivity index (χ3v) is 2.85. The first-order chi connectivity index (χ1) is 6.86. The molecule has 0 atom stereocenters. The fourth-order valence-electron chi connectivity index (χ4n) is 1.31. The third kappa shape index (κ3) is 2.20. The van der Waals surface area contributed by atoms with E-state index >= 15 is 0 Å². The molecule has 3 nitrogen and oxygen atoms in total. The maximum atomic E-state index is 4.01. The van der Waals surface area contributed by atoms with Crippen molar-refractivity contribution >= 4 is 15.9 Å². The summed E-state index contributed by atoms with van der Waals surface area (Å²) in [5.74, 6) is 0. The van der Waals surface area contributed by atoms with Gasteiger partial charge in [0.1, 0.15) is 0 Å². The molecule has 0 aliphatic carbocycles. The van der Waals surface area contributed by atoms with Crippen molar-refractivity contribution in [3.8, 4) is 0 Å². The summed E-state index contributed by atoms with van der Waals surface area (Å²) < 4.78 is 1.16. The summed E-state index contributed by atoms with van der Waals surface area (Å²) in [4.78, 5) is 0. The summed E-state index contributed by atoms with van der Waals surface area (Å²) >= 11 is 3.52. The zero-order chi connectivity index (χ0) is 9.80. The number of H-pyrrole nitrogens is 1. The Balaban J connectivity index is 2.02. The molecule has 0 spiro atoms. The molecule has 0 radical (unpaired) electrons. The Morgan fingerprint density at radius 1 is 1.21 bits per heavy atom. The number of rotatable bonds is 3. The molecular formula is C10H10BrN3. The van der Waals surface area contributed by atoms with Crippen LogP contribution in [0.25, 0.3) is 0 Å². The van der Waals surface area contributed by atoms with Crippen molar-refractivity contribution in [1.82, 2.24) is 15.4 Å². The van der Waals surface area contributed by atoms with Crippen LogP contribution in [0.1, 0.15) is 11.3 Å². The molecule has 0 saturated carbocycles. The van der Waals surface area contributed by atoms with E-state index in [9.17, 15) is 0 Å². The lowest BCUT2D eigenvalue weighted by atomic mass is 10.1. The molecular weight excluding hydrogens is 242 g/mol. The standard InChI is InChI=1S/C10H10BrN3/c11-10-4-2-1-3-8(10)5-6-9-7-12-14-13-9/h1-4,7H,5-6H2,(H,12,13,14). The Bertz CT molecular complexity index is 398. The van der Waals surface area contributed by atoms with Gasteiger partial charge in [0.15, 0.2) is 0 Å². The first-order valence-corrected chi connectivity index (χ1v) is 5.23. The molecule has 0 unspecified atom stereocenters.